The van der Waals surface area contributed by atoms with Gasteiger partial charge in [0.05, 0.1) is 31.3 Å². The maximum atomic E-state index is 12.9. The number of alkyl halides is 3. The molecule has 1 aromatic rings. The Bertz CT molecular complexity index is 807. The van der Waals surface area contributed by atoms with Crippen LogP contribution in [0.3, 0.4) is 0 Å². The first-order valence-electron chi connectivity index (χ1n) is 7.82. The molecule has 1 N–H and O–H groups in total. The van der Waals surface area contributed by atoms with Crippen molar-refractivity contribution >= 4 is 27.9 Å². The van der Waals surface area contributed by atoms with E-state index in [1.54, 1.807) is 13.0 Å². The molecule has 0 amide bonds. The highest BCUT2D eigenvalue weighted by Crippen LogP contribution is 2.43. The fourth-order valence-electron chi connectivity index (χ4n) is 2.97. The average Bonchev–Trinajstić information content (AvgIpc) is 2.65. The smallest absolute Gasteiger partial charge is 0.387 e. The number of dihydropyridines is 1. The van der Waals surface area contributed by atoms with Crippen LogP contribution in [0.2, 0.25) is 0 Å². The third kappa shape index (κ3) is 4.29. The van der Waals surface area contributed by atoms with Gasteiger partial charge in [0.1, 0.15) is 5.75 Å². The van der Waals surface area contributed by atoms with Crippen LogP contribution < -0.4 is 10.1 Å². The number of carbonyl (C=O) groups is 2. The Morgan fingerprint density at radius 3 is 2.30 bits per heavy atom. The molecule has 1 atom stereocenters. The number of para-hydroxylation sites is 1. The summed E-state index contributed by atoms with van der Waals surface area (Å²) in [5.41, 5.74) is 1.31. The van der Waals surface area contributed by atoms with E-state index < -0.39 is 24.5 Å². The minimum atomic E-state index is -3.07. The summed E-state index contributed by atoms with van der Waals surface area (Å²) in [4.78, 5) is 25.0. The normalized spacial score (nSPS) is 16.9. The molecule has 0 aromatic heterocycles. The lowest BCUT2D eigenvalue weighted by Gasteiger charge is -2.31. The highest BCUT2D eigenvalue weighted by Gasteiger charge is 2.39. The number of halogens is 3. The molecule has 27 heavy (non-hydrogen) atoms. The number of allylic oxidation sites excluding steroid dienone is 2. The molecule has 0 fully saturated rings. The number of ether oxygens (including phenoxy) is 3. The number of benzene rings is 1. The quantitative estimate of drug-likeness (QED) is 0.535. The van der Waals surface area contributed by atoms with Crippen molar-refractivity contribution in [3.05, 3.63) is 52.4 Å². The monoisotopic (exact) mass is 445 g/mol. The Morgan fingerprint density at radius 2 is 1.74 bits per heavy atom. The van der Waals surface area contributed by atoms with Gasteiger partial charge in [-0.2, -0.15) is 8.78 Å². The van der Waals surface area contributed by atoms with Crippen molar-refractivity contribution in [2.45, 2.75) is 19.5 Å². The summed E-state index contributed by atoms with van der Waals surface area (Å²) in [5.74, 6) is -2.56. The molecule has 146 valence electrons. The third-order valence-corrected chi connectivity index (χ3v) is 4.60. The van der Waals surface area contributed by atoms with Gasteiger partial charge in [0.2, 0.25) is 0 Å². The van der Waals surface area contributed by atoms with Gasteiger partial charge in [-0.15, -0.1) is 0 Å². The predicted octanol–water partition coefficient (Wildman–Crippen LogP) is 3.24. The minimum absolute atomic E-state index is 0.102. The van der Waals surface area contributed by atoms with Gasteiger partial charge < -0.3 is 19.5 Å². The molecule has 0 saturated carbocycles. The second-order valence-corrected chi connectivity index (χ2v) is 6.08. The first kappa shape index (κ1) is 20.9. The summed E-state index contributed by atoms with van der Waals surface area (Å²) in [7, 11) is 2.39. The third-order valence-electron chi connectivity index (χ3n) is 4.04. The van der Waals surface area contributed by atoms with Crippen LogP contribution in [0.1, 0.15) is 18.4 Å². The Kier molecular flexibility index (Phi) is 6.95. The summed E-state index contributed by atoms with van der Waals surface area (Å²) in [6.07, 6.45) is 0. The number of carbonyl (C=O) groups excluding carboxylic acids is 2. The van der Waals surface area contributed by atoms with Crippen LogP contribution in [0.4, 0.5) is 8.78 Å². The minimum Gasteiger partial charge on any atom is -0.466 e. The number of hydrogen-bond donors (Lipinski definition) is 1. The topological polar surface area (TPSA) is 73.9 Å². The molecule has 1 aromatic carbocycles. The van der Waals surface area contributed by atoms with Crippen LogP contribution in [-0.2, 0) is 19.1 Å². The fraction of sp³-hybridized carbons (Fsp3) is 0.333. The van der Waals surface area contributed by atoms with Gasteiger partial charge in [-0.05, 0) is 13.0 Å². The van der Waals surface area contributed by atoms with Crippen molar-refractivity contribution in [3.8, 4) is 5.75 Å². The lowest BCUT2D eigenvalue weighted by Crippen LogP contribution is -2.33. The number of esters is 2. The van der Waals surface area contributed by atoms with Crippen LogP contribution >= 0.6 is 15.9 Å². The maximum Gasteiger partial charge on any atom is 0.387 e. The van der Waals surface area contributed by atoms with Crippen LogP contribution in [0, 0.1) is 0 Å². The van der Waals surface area contributed by atoms with Crippen LogP contribution in [0.5, 0.6) is 5.75 Å². The van der Waals surface area contributed by atoms with Crippen molar-refractivity contribution in [1.82, 2.24) is 5.32 Å². The molecule has 1 aliphatic rings. The first-order valence-corrected chi connectivity index (χ1v) is 8.94. The molecular formula is C18H18BrF2NO5. The SMILES string of the molecule is COC(=O)C1=C(C)NC(CBr)=C(C(=O)OC)C1c1ccccc1OC(F)F. The molecule has 2 rings (SSSR count). The number of rotatable bonds is 6. The number of hydrogen-bond acceptors (Lipinski definition) is 6. The predicted molar refractivity (Wildman–Crippen MR) is 96.5 cm³/mol. The standard InChI is InChI=1S/C18H18BrF2NO5/c1-9-13(16(23)25-2)14(15(17(24)26-3)11(8-19)22-9)10-6-4-5-7-12(10)27-18(20)21/h4-7,14,18,22H,8H2,1-3H3. The molecule has 0 bridgehead atoms. The van der Waals surface area contributed by atoms with Crippen LogP contribution in [0.15, 0.2) is 46.8 Å². The highest BCUT2D eigenvalue weighted by atomic mass is 79.9. The van der Waals surface area contributed by atoms with E-state index in [-0.39, 0.29) is 27.8 Å². The van der Waals surface area contributed by atoms with Gasteiger partial charge in [-0.1, -0.05) is 34.1 Å². The summed E-state index contributed by atoms with van der Waals surface area (Å²) < 4.78 is 40.1. The maximum absolute atomic E-state index is 12.9. The Morgan fingerprint density at radius 1 is 1.15 bits per heavy atom. The molecule has 6 nitrogen and oxygen atoms in total. The van der Waals surface area contributed by atoms with Gasteiger partial charge in [-0.3, -0.25) is 0 Å². The Hall–Kier alpha value is -2.42. The zero-order valence-electron chi connectivity index (χ0n) is 14.8. The molecule has 0 saturated heterocycles. The molecule has 1 heterocycles. The van der Waals surface area contributed by atoms with E-state index in [0.717, 1.165) is 0 Å². The number of nitrogens with one attached hydrogen (secondary N) is 1. The molecule has 1 aliphatic heterocycles. The van der Waals surface area contributed by atoms with Crippen molar-refractivity contribution < 1.29 is 32.6 Å². The van der Waals surface area contributed by atoms with E-state index in [2.05, 4.69) is 26.0 Å². The Labute approximate surface area is 163 Å². The second-order valence-electron chi connectivity index (χ2n) is 5.52. The van der Waals surface area contributed by atoms with Crippen molar-refractivity contribution in [2.24, 2.45) is 0 Å². The molecule has 0 aliphatic carbocycles. The Balaban J connectivity index is 2.77. The fourth-order valence-corrected chi connectivity index (χ4v) is 3.41. The van der Waals surface area contributed by atoms with E-state index in [0.29, 0.717) is 11.4 Å². The van der Waals surface area contributed by atoms with E-state index in [1.165, 1.54) is 32.4 Å². The van der Waals surface area contributed by atoms with Gasteiger partial charge in [0.15, 0.2) is 0 Å². The average molecular weight is 446 g/mol. The van der Waals surface area contributed by atoms with Gasteiger partial charge in [0, 0.05) is 22.3 Å². The van der Waals surface area contributed by atoms with E-state index >= 15 is 0 Å². The highest BCUT2D eigenvalue weighted by molar-refractivity contribution is 9.09. The zero-order chi connectivity index (χ0) is 20.1. The first-order chi connectivity index (χ1) is 12.8. The summed E-state index contributed by atoms with van der Waals surface area (Å²) >= 11 is 3.29. The van der Waals surface area contributed by atoms with E-state index in [1.807, 2.05) is 0 Å². The summed E-state index contributed by atoms with van der Waals surface area (Å²) in [6, 6.07) is 5.97. The lowest BCUT2D eigenvalue weighted by atomic mass is 9.80. The van der Waals surface area contributed by atoms with E-state index in [9.17, 15) is 18.4 Å². The largest absolute Gasteiger partial charge is 0.466 e. The molecular weight excluding hydrogens is 428 g/mol. The number of methoxy groups -OCH3 is 2. The molecule has 9 heteroatoms. The van der Waals surface area contributed by atoms with Crippen molar-refractivity contribution in [1.29, 1.82) is 0 Å². The van der Waals surface area contributed by atoms with Crippen LogP contribution in [-0.4, -0.2) is 38.1 Å². The summed E-state index contributed by atoms with van der Waals surface area (Å²) in [5, 5.41) is 3.23. The van der Waals surface area contributed by atoms with Crippen molar-refractivity contribution in [2.75, 3.05) is 19.5 Å². The molecule has 1 unspecified atom stereocenters. The molecule has 0 radical (unpaired) electrons. The second kappa shape index (κ2) is 8.98. The van der Waals surface area contributed by atoms with Crippen molar-refractivity contribution in [3.63, 3.8) is 0 Å². The zero-order valence-corrected chi connectivity index (χ0v) is 16.4. The summed E-state index contributed by atoms with van der Waals surface area (Å²) in [6.45, 7) is -1.44. The van der Waals surface area contributed by atoms with Gasteiger partial charge in [-0.25, -0.2) is 9.59 Å². The van der Waals surface area contributed by atoms with Crippen LogP contribution in [0.25, 0.3) is 0 Å². The molecule has 0 spiro atoms. The lowest BCUT2D eigenvalue weighted by molar-refractivity contribution is -0.137. The van der Waals surface area contributed by atoms with Gasteiger partial charge in [0.25, 0.3) is 0 Å². The van der Waals surface area contributed by atoms with Gasteiger partial charge >= 0.3 is 18.6 Å². The van der Waals surface area contributed by atoms with E-state index in [4.69, 9.17) is 9.47 Å².